The fourth-order valence-corrected chi connectivity index (χ4v) is 7.89. The van der Waals surface area contributed by atoms with E-state index in [9.17, 15) is 31.0 Å². The molecule has 22 heteroatoms. The van der Waals surface area contributed by atoms with Gasteiger partial charge in [-0.1, -0.05) is 121 Å². The number of ether oxygens (including phenoxy) is 8. The van der Waals surface area contributed by atoms with Crippen LogP contribution in [0.15, 0.2) is 121 Å². The normalized spacial score (nSPS) is 26.1. The Morgan fingerprint density at radius 1 is 0.578 bits per heavy atom. The first kappa shape index (κ1) is 54.8. The predicted molar refractivity (Wildman–Crippen MR) is 217 cm³/mol. The molecule has 6 rings (SSSR count). The van der Waals surface area contributed by atoms with E-state index < -0.39 is 88.7 Å². The minimum Gasteiger partial charge on any atom is -0.735 e. The summed E-state index contributed by atoms with van der Waals surface area (Å²) < 4.78 is 129. The maximum atomic E-state index is 12.4. The third-order valence-electron chi connectivity index (χ3n) is 9.86. The molecule has 338 valence electrons. The molecule has 2 saturated heterocycles. The zero-order valence-electron chi connectivity index (χ0n) is 35.4. The van der Waals surface area contributed by atoms with Gasteiger partial charge in [-0.05, 0) is 22.3 Å². The van der Waals surface area contributed by atoms with Crippen LogP contribution in [0.25, 0.3) is 0 Å². The molecular formula is C42H50N2Na2O16S2. The molecule has 2 aliphatic rings. The standard InChI is InChI=1S/C42H52N2O16S2.2Na/c43-21-22-53-42-40(56-26-32-19-11-4-12-20-32)39(55-25-31-17-9-3-10-18-31)38(33(59-42)27-52-23-29-13-5-1-6-14-29)60-41-35(44-61(46,47)48)36(45)37(34(58-41)28-57-62(49,50)51)54-24-30-15-7-2-8-16-30;;/h1-20,33-42,44-45H,21-28,43H2,(H,46,47,48)(H,49,50,51);;/q;2*+1/p-2/t33-,34-,35-,36-,37-,38-,39+,40-,41-,42-;;/m1../s1. The minimum atomic E-state index is -5.36. The van der Waals surface area contributed by atoms with Crippen molar-refractivity contribution in [2.75, 3.05) is 26.4 Å². The van der Waals surface area contributed by atoms with Gasteiger partial charge in [-0.3, -0.25) is 4.18 Å². The molecule has 0 aromatic heterocycles. The Bertz CT molecular complexity index is 2140. The number of aliphatic hydroxyl groups is 1. The van der Waals surface area contributed by atoms with Gasteiger partial charge in [0.1, 0.15) is 48.8 Å². The molecule has 10 atom stereocenters. The molecule has 64 heavy (non-hydrogen) atoms. The summed E-state index contributed by atoms with van der Waals surface area (Å²) in [5.41, 5.74) is 8.85. The van der Waals surface area contributed by atoms with Crippen molar-refractivity contribution < 1.29 is 132 Å². The fraction of sp³-hybridized carbons (Fsp3) is 0.429. The first-order chi connectivity index (χ1) is 29.9. The Hall–Kier alpha value is -1.78. The van der Waals surface area contributed by atoms with Crippen LogP contribution in [0.2, 0.25) is 0 Å². The van der Waals surface area contributed by atoms with E-state index in [1.54, 1.807) is 30.3 Å². The number of rotatable bonds is 23. The molecule has 2 aliphatic heterocycles. The summed E-state index contributed by atoms with van der Waals surface area (Å²) in [7, 11) is -10.7. The van der Waals surface area contributed by atoms with Crippen LogP contribution in [0.1, 0.15) is 22.3 Å². The predicted octanol–water partition coefficient (Wildman–Crippen LogP) is -3.97. The van der Waals surface area contributed by atoms with Gasteiger partial charge in [0.2, 0.25) is 10.4 Å². The number of nitrogens with two attached hydrogens (primary N) is 1. The second kappa shape index (κ2) is 27.3. The number of benzene rings is 4. The SMILES string of the molecule is NCCO[C@@H]1O[C@H](COCc2ccccc2)[C@@H](O[C@H]2O[C@H](COS(=O)(=O)[O-])[C@@H](OCc3ccccc3)[C@H](O)[C@H]2NS(=O)(=O)[O-])[C@H](OCc2ccccc2)[C@H]1OCc1ccccc1.[Na+].[Na+]. The van der Waals surface area contributed by atoms with Crippen molar-refractivity contribution >= 4 is 20.7 Å². The molecule has 0 unspecified atom stereocenters. The Morgan fingerprint density at radius 2 is 1.02 bits per heavy atom. The number of hydrogen-bond donors (Lipinski definition) is 3. The van der Waals surface area contributed by atoms with Gasteiger partial charge in [-0.2, -0.15) is 0 Å². The summed E-state index contributed by atoms with van der Waals surface area (Å²) in [5, 5.41) is 11.8. The maximum absolute atomic E-state index is 12.4. The van der Waals surface area contributed by atoms with Crippen molar-refractivity contribution in [1.29, 1.82) is 0 Å². The van der Waals surface area contributed by atoms with Crippen LogP contribution in [-0.4, -0.2) is 119 Å². The van der Waals surface area contributed by atoms with Gasteiger partial charge in [0.05, 0.1) is 46.2 Å². The summed E-state index contributed by atoms with van der Waals surface area (Å²) >= 11 is 0. The van der Waals surface area contributed by atoms with Crippen LogP contribution in [0.3, 0.4) is 0 Å². The van der Waals surface area contributed by atoms with Crippen LogP contribution in [-0.2, 0) is 89.2 Å². The third kappa shape index (κ3) is 17.4. The van der Waals surface area contributed by atoms with Crippen molar-refractivity contribution in [3.05, 3.63) is 144 Å². The van der Waals surface area contributed by atoms with Crippen LogP contribution < -0.4 is 69.6 Å². The maximum Gasteiger partial charge on any atom is 1.00 e. The molecule has 0 aliphatic carbocycles. The Labute approximate surface area is 417 Å². The quantitative estimate of drug-likeness (QED) is 0.0364. The van der Waals surface area contributed by atoms with Gasteiger partial charge in [0.25, 0.3) is 0 Å². The third-order valence-corrected chi connectivity index (χ3v) is 10.8. The van der Waals surface area contributed by atoms with Gasteiger partial charge >= 0.3 is 59.1 Å². The Morgan fingerprint density at radius 3 is 1.48 bits per heavy atom. The average Bonchev–Trinajstić information content (AvgIpc) is 3.26. The number of nitrogens with one attached hydrogen (secondary N) is 1. The minimum absolute atomic E-state index is 0. The first-order valence-corrected chi connectivity index (χ1v) is 22.5. The van der Waals surface area contributed by atoms with Crippen molar-refractivity contribution in [1.82, 2.24) is 4.72 Å². The largest absolute Gasteiger partial charge is 1.00 e. The Kier molecular flexibility index (Phi) is 23.4. The smallest absolute Gasteiger partial charge is 0.735 e. The Balaban J connectivity index is 0.00000449. The zero-order chi connectivity index (χ0) is 44.0. The van der Waals surface area contributed by atoms with Crippen molar-refractivity contribution in [3.63, 3.8) is 0 Å². The summed E-state index contributed by atoms with van der Waals surface area (Å²) in [4.78, 5) is 0. The van der Waals surface area contributed by atoms with E-state index in [-0.39, 0.29) is 105 Å². The molecule has 0 saturated carbocycles. The van der Waals surface area contributed by atoms with Crippen molar-refractivity contribution in [2.45, 2.75) is 87.8 Å². The van der Waals surface area contributed by atoms with E-state index in [0.29, 0.717) is 5.56 Å². The van der Waals surface area contributed by atoms with Gasteiger partial charge in [-0.25, -0.2) is 21.6 Å². The molecule has 0 radical (unpaired) electrons. The fourth-order valence-electron chi connectivity index (χ4n) is 7.00. The average molecular weight is 949 g/mol. The molecule has 0 bridgehead atoms. The monoisotopic (exact) mass is 948 g/mol. The molecule has 4 aromatic carbocycles. The molecule has 18 nitrogen and oxygen atoms in total. The molecule has 4 N–H and O–H groups in total. The topological polar surface area (TPSA) is 256 Å². The van der Waals surface area contributed by atoms with E-state index in [0.717, 1.165) is 16.7 Å². The van der Waals surface area contributed by atoms with Crippen LogP contribution in [0, 0.1) is 0 Å². The molecule has 0 amide bonds. The van der Waals surface area contributed by atoms with Gasteiger partial charge in [0.15, 0.2) is 22.9 Å². The molecule has 4 aromatic rings. The number of hydrogen-bond acceptors (Lipinski definition) is 17. The summed E-state index contributed by atoms with van der Waals surface area (Å²) in [6.45, 7) is -1.02. The molecule has 2 fully saturated rings. The van der Waals surface area contributed by atoms with E-state index in [4.69, 9.17) is 43.6 Å². The second-order valence-corrected chi connectivity index (χ2v) is 16.6. The van der Waals surface area contributed by atoms with Crippen molar-refractivity contribution in [2.24, 2.45) is 5.73 Å². The first-order valence-electron chi connectivity index (χ1n) is 19.7. The van der Waals surface area contributed by atoms with Gasteiger partial charge in [0, 0.05) is 6.54 Å². The summed E-state index contributed by atoms with van der Waals surface area (Å²) in [6, 6.07) is 34.4. The molecule has 0 spiro atoms. The van der Waals surface area contributed by atoms with E-state index in [2.05, 4.69) is 4.18 Å². The summed E-state index contributed by atoms with van der Waals surface area (Å²) in [6.07, 6.45) is -12.9. The van der Waals surface area contributed by atoms with Gasteiger partial charge < -0.3 is 57.8 Å². The summed E-state index contributed by atoms with van der Waals surface area (Å²) in [5.74, 6) is 0. The van der Waals surface area contributed by atoms with E-state index in [1.165, 1.54) is 0 Å². The van der Waals surface area contributed by atoms with Gasteiger partial charge in [-0.15, -0.1) is 0 Å². The zero-order valence-corrected chi connectivity index (χ0v) is 41.1. The van der Waals surface area contributed by atoms with Crippen LogP contribution in [0.4, 0.5) is 0 Å². The second-order valence-electron chi connectivity index (χ2n) is 14.4. The van der Waals surface area contributed by atoms with Crippen LogP contribution >= 0.6 is 0 Å². The van der Waals surface area contributed by atoms with Crippen molar-refractivity contribution in [3.8, 4) is 0 Å². The van der Waals surface area contributed by atoms with E-state index in [1.807, 2.05) is 95.7 Å². The van der Waals surface area contributed by atoms with Crippen LogP contribution in [0.5, 0.6) is 0 Å². The van der Waals surface area contributed by atoms with E-state index >= 15 is 0 Å². The molecule has 2 heterocycles. The number of aliphatic hydroxyl groups excluding tert-OH is 1. The molecular weight excluding hydrogens is 899 g/mol.